The van der Waals surface area contributed by atoms with Gasteiger partial charge in [0.15, 0.2) is 11.5 Å². The molecule has 6 heteroatoms. The Labute approximate surface area is 184 Å². The van der Waals surface area contributed by atoms with Crippen LogP contribution in [0.1, 0.15) is 31.2 Å². The first-order valence-electron chi connectivity index (χ1n) is 11.3. The number of anilines is 1. The van der Waals surface area contributed by atoms with E-state index < -0.39 is 0 Å². The van der Waals surface area contributed by atoms with Crippen LogP contribution in [0.2, 0.25) is 0 Å². The second-order valence-corrected chi connectivity index (χ2v) is 8.59. The third-order valence-electron chi connectivity index (χ3n) is 6.39. The molecule has 6 nitrogen and oxygen atoms in total. The van der Waals surface area contributed by atoms with Gasteiger partial charge in [-0.15, -0.1) is 0 Å². The fourth-order valence-corrected chi connectivity index (χ4v) is 4.76. The summed E-state index contributed by atoms with van der Waals surface area (Å²) in [6.07, 6.45) is 5.84. The molecule has 2 N–H and O–H groups in total. The highest BCUT2D eigenvalue weighted by molar-refractivity contribution is 5.76. The average molecular weight is 424 g/mol. The van der Waals surface area contributed by atoms with Gasteiger partial charge in [-0.25, -0.2) is 0 Å². The van der Waals surface area contributed by atoms with E-state index in [1.54, 1.807) is 7.11 Å². The van der Waals surface area contributed by atoms with Gasteiger partial charge in [0.1, 0.15) is 0 Å². The average Bonchev–Trinajstić information content (AvgIpc) is 3.28. The molecule has 1 aliphatic carbocycles. The van der Waals surface area contributed by atoms with Crippen molar-refractivity contribution < 1.29 is 14.3 Å². The van der Waals surface area contributed by atoms with Crippen LogP contribution in [0.4, 0.5) is 5.69 Å². The molecule has 0 aromatic heterocycles. The maximum Gasteiger partial charge on any atom is 0.231 e. The highest BCUT2D eigenvalue weighted by Gasteiger charge is 2.29. The zero-order valence-corrected chi connectivity index (χ0v) is 18.3. The van der Waals surface area contributed by atoms with Gasteiger partial charge in [-0.3, -0.25) is 9.69 Å². The maximum atomic E-state index is 11.6. The van der Waals surface area contributed by atoms with Crippen molar-refractivity contribution in [3.63, 3.8) is 0 Å². The van der Waals surface area contributed by atoms with E-state index in [-0.39, 0.29) is 18.1 Å². The van der Waals surface area contributed by atoms with Crippen molar-refractivity contribution in [2.24, 2.45) is 5.73 Å². The van der Waals surface area contributed by atoms with Gasteiger partial charge in [-0.2, -0.15) is 0 Å². The first-order chi connectivity index (χ1) is 15.1. The Morgan fingerprint density at radius 3 is 2.55 bits per heavy atom. The van der Waals surface area contributed by atoms with Crippen LogP contribution in [-0.2, 0) is 11.2 Å². The van der Waals surface area contributed by atoms with Gasteiger partial charge >= 0.3 is 0 Å². The fourth-order valence-electron chi connectivity index (χ4n) is 4.76. The highest BCUT2D eigenvalue weighted by Crippen LogP contribution is 2.35. The summed E-state index contributed by atoms with van der Waals surface area (Å²) in [5, 5.41) is 0. The number of primary amides is 1. The molecule has 2 aliphatic rings. The van der Waals surface area contributed by atoms with Crippen molar-refractivity contribution in [1.82, 2.24) is 4.90 Å². The lowest BCUT2D eigenvalue weighted by atomic mass is 10.0. The molecule has 166 valence electrons. The Kier molecular flexibility index (Phi) is 6.97. The second kappa shape index (κ2) is 10.1. The van der Waals surface area contributed by atoms with E-state index in [4.69, 9.17) is 15.2 Å². The van der Waals surface area contributed by atoms with Crippen molar-refractivity contribution in [3.05, 3.63) is 54.1 Å². The van der Waals surface area contributed by atoms with Crippen LogP contribution in [0, 0.1) is 0 Å². The molecule has 1 aliphatic heterocycles. The molecular weight excluding hydrogens is 390 g/mol. The smallest absolute Gasteiger partial charge is 0.231 e. The molecule has 0 radical (unpaired) electrons. The number of ether oxygens (including phenoxy) is 2. The van der Waals surface area contributed by atoms with Crippen LogP contribution in [0.15, 0.2) is 48.5 Å². The molecule has 1 saturated heterocycles. The molecule has 1 amide bonds. The molecule has 1 heterocycles. The summed E-state index contributed by atoms with van der Waals surface area (Å²) in [6, 6.07) is 16.9. The zero-order chi connectivity index (χ0) is 21.6. The SMILES string of the molecule is COc1ccc(N2CCN(CC(N)=O)C(Cc3ccccc3)C2)cc1OC1CCCC1. The summed E-state index contributed by atoms with van der Waals surface area (Å²) in [5.41, 5.74) is 7.93. The van der Waals surface area contributed by atoms with Crippen LogP contribution < -0.4 is 20.1 Å². The number of carbonyl (C=O) groups excluding carboxylic acids is 1. The van der Waals surface area contributed by atoms with Crippen LogP contribution in [0.3, 0.4) is 0 Å². The predicted molar refractivity (Wildman–Crippen MR) is 123 cm³/mol. The number of carbonyl (C=O) groups is 1. The van der Waals surface area contributed by atoms with Crippen LogP contribution >= 0.6 is 0 Å². The molecule has 31 heavy (non-hydrogen) atoms. The topological polar surface area (TPSA) is 68.0 Å². The van der Waals surface area contributed by atoms with Gasteiger partial charge in [0, 0.05) is 37.4 Å². The van der Waals surface area contributed by atoms with E-state index in [0.29, 0.717) is 6.54 Å². The quantitative estimate of drug-likeness (QED) is 0.706. The van der Waals surface area contributed by atoms with E-state index in [9.17, 15) is 4.79 Å². The van der Waals surface area contributed by atoms with Gasteiger partial charge in [0.2, 0.25) is 5.91 Å². The predicted octanol–water partition coefficient (Wildman–Crippen LogP) is 3.24. The minimum absolute atomic E-state index is 0.213. The number of amides is 1. The molecule has 0 bridgehead atoms. The van der Waals surface area contributed by atoms with Crippen molar-refractivity contribution >= 4 is 11.6 Å². The van der Waals surface area contributed by atoms with E-state index in [1.165, 1.54) is 18.4 Å². The van der Waals surface area contributed by atoms with Crippen molar-refractivity contribution in [3.8, 4) is 11.5 Å². The molecule has 2 aromatic rings. The number of methoxy groups -OCH3 is 1. The summed E-state index contributed by atoms with van der Waals surface area (Å²) < 4.78 is 11.9. The van der Waals surface area contributed by atoms with E-state index in [1.807, 2.05) is 12.1 Å². The monoisotopic (exact) mass is 423 g/mol. The molecule has 2 fully saturated rings. The van der Waals surface area contributed by atoms with Crippen molar-refractivity contribution in [1.29, 1.82) is 0 Å². The van der Waals surface area contributed by atoms with Crippen molar-refractivity contribution in [2.45, 2.75) is 44.2 Å². The molecular formula is C25H33N3O3. The number of hydrogen-bond acceptors (Lipinski definition) is 5. The fraction of sp³-hybridized carbons (Fsp3) is 0.480. The molecule has 1 unspecified atom stereocenters. The molecule has 4 rings (SSSR count). The van der Waals surface area contributed by atoms with Gasteiger partial charge in [-0.05, 0) is 49.8 Å². The van der Waals surface area contributed by atoms with Gasteiger partial charge in [-0.1, -0.05) is 30.3 Å². The van der Waals surface area contributed by atoms with E-state index in [0.717, 1.165) is 56.1 Å². The number of nitrogens with two attached hydrogens (primary N) is 1. The first kappa shape index (κ1) is 21.5. The number of nitrogens with zero attached hydrogens (tertiary/aromatic N) is 2. The summed E-state index contributed by atoms with van der Waals surface area (Å²) in [4.78, 5) is 16.2. The van der Waals surface area contributed by atoms with Crippen molar-refractivity contribution in [2.75, 3.05) is 38.2 Å². The highest BCUT2D eigenvalue weighted by atomic mass is 16.5. The summed E-state index contributed by atoms with van der Waals surface area (Å²) in [6.45, 7) is 2.76. The number of hydrogen-bond donors (Lipinski definition) is 1. The lowest BCUT2D eigenvalue weighted by molar-refractivity contribution is -0.119. The summed E-state index contributed by atoms with van der Waals surface area (Å²) in [7, 11) is 1.69. The Balaban J connectivity index is 1.52. The largest absolute Gasteiger partial charge is 0.493 e. The third-order valence-corrected chi connectivity index (χ3v) is 6.39. The van der Waals surface area contributed by atoms with E-state index in [2.05, 4.69) is 46.2 Å². The number of benzene rings is 2. The second-order valence-electron chi connectivity index (χ2n) is 8.59. The maximum absolute atomic E-state index is 11.6. The Morgan fingerprint density at radius 2 is 1.84 bits per heavy atom. The van der Waals surface area contributed by atoms with Crippen LogP contribution in [0.5, 0.6) is 11.5 Å². The molecule has 2 aromatic carbocycles. The minimum Gasteiger partial charge on any atom is -0.493 e. The molecule has 1 atom stereocenters. The number of piperazine rings is 1. The molecule has 0 spiro atoms. The van der Waals surface area contributed by atoms with Crippen LogP contribution in [0.25, 0.3) is 0 Å². The third kappa shape index (κ3) is 5.50. The standard InChI is InChI=1S/C25H33N3O3/c1-30-23-12-11-20(16-24(23)31-22-9-5-6-10-22)27-13-14-28(18-25(26)29)21(17-27)15-19-7-3-2-4-8-19/h2-4,7-8,11-12,16,21-22H,5-6,9-10,13-15,17-18H2,1H3,(H2,26,29). The lowest BCUT2D eigenvalue weighted by Gasteiger charge is -2.42. The zero-order valence-electron chi connectivity index (χ0n) is 18.3. The first-order valence-corrected chi connectivity index (χ1v) is 11.3. The Morgan fingerprint density at radius 1 is 1.06 bits per heavy atom. The van der Waals surface area contributed by atoms with Gasteiger partial charge in [0.25, 0.3) is 0 Å². The lowest BCUT2D eigenvalue weighted by Crippen LogP contribution is -2.56. The number of rotatable bonds is 8. The van der Waals surface area contributed by atoms with Gasteiger partial charge < -0.3 is 20.1 Å². The Hall–Kier alpha value is -2.73. The van der Waals surface area contributed by atoms with Gasteiger partial charge in [0.05, 0.1) is 19.8 Å². The Bertz CT molecular complexity index is 868. The molecule has 1 saturated carbocycles. The van der Waals surface area contributed by atoms with E-state index >= 15 is 0 Å². The van der Waals surface area contributed by atoms with Crippen LogP contribution in [-0.4, -0.2) is 56.2 Å². The normalized spacial score (nSPS) is 20.0. The summed E-state index contributed by atoms with van der Waals surface area (Å²) in [5.74, 6) is 1.33. The summed E-state index contributed by atoms with van der Waals surface area (Å²) >= 11 is 0. The minimum atomic E-state index is -0.275.